The zero-order valence-corrected chi connectivity index (χ0v) is 8.53. The lowest BCUT2D eigenvalue weighted by molar-refractivity contribution is 0.274. The van der Waals surface area contributed by atoms with E-state index in [1.165, 1.54) is 44.1 Å². The fraction of sp³-hybridized carbons (Fsp3) is 0.667. The molecule has 0 saturated heterocycles. The normalized spacial score (nSPS) is 33.0. The van der Waals surface area contributed by atoms with Gasteiger partial charge in [-0.15, -0.1) is 0 Å². The number of hydrogen-bond acceptors (Lipinski definition) is 0. The molecule has 76 valence electrons. The summed E-state index contributed by atoms with van der Waals surface area (Å²) in [5, 5.41) is 0. The molecular formula is C12H22O. The maximum absolute atomic E-state index is 4.06. The smallest absolute Gasteiger partial charge is 0 e. The average molecular weight is 182 g/mol. The SMILES string of the molecule is C=C1C=C2CCCC[C@@]2(C)CC1.O.[HH]. The van der Waals surface area contributed by atoms with Gasteiger partial charge in [-0.1, -0.05) is 37.1 Å². The molecule has 1 fully saturated rings. The Morgan fingerprint density at radius 1 is 1.31 bits per heavy atom. The zero-order valence-electron chi connectivity index (χ0n) is 8.53. The van der Waals surface area contributed by atoms with E-state index in [4.69, 9.17) is 0 Å². The van der Waals surface area contributed by atoms with Crippen molar-refractivity contribution in [3.63, 3.8) is 0 Å². The van der Waals surface area contributed by atoms with Crippen LogP contribution in [0.25, 0.3) is 0 Å². The highest BCUT2D eigenvalue weighted by Crippen LogP contribution is 2.47. The number of hydrogen-bond donors (Lipinski definition) is 0. The van der Waals surface area contributed by atoms with E-state index in [1.807, 2.05) is 0 Å². The fourth-order valence-corrected chi connectivity index (χ4v) is 2.58. The van der Waals surface area contributed by atoms with Gasteiger partial charge in [-0.05, 0) is 37.5 Å². The second kappa shape index (κ2) is 3.67. The third-order valence-electron chi connectivity index (χ3n) is 3.58. The van der Waals surface area contributed by atoms with E-state index in [-0.39, 0.29) is 6.90 Å². The van der Waals surface area contributed by atoms with Gasteiger partial charge in [0, 0.05) is 1.43 Å². The quantitative estimate of drug-likeness (QED) is 0.550. The molecule has 0 radical (unpaired) electrons. The predicted octanol–water partition coefficient (Wildman–Crippen LogP) is 3.26. The van der Waals surface area contributed by atoms with Crippen molar-refractivity contribution in [3.05, 3.63) is 23.8 Å². The largest absolute Gasteiger partial charge is 0.412 e. The summed E-state index contributed by atoms with van der Waals surface area (Å²) in [7, 11) is 0. The van der Waals surface area contributed by atoms with Gasteiger partial charge in [0.1, 0.15) is 0 Å². The van der Waals surface area contributed by atoms with Crippen LogP contribution in [0.4, 0.5) is 0 Å². The first-order chi connectivity index (χ1) is 5.71. The summed E-state index contributed by atoms with van der Waals surface area (Å²) in [5.74, 6) is 0. The molecule has 2 aliphatic rings. The van der Waals surface area contributed by atoms with Crippen LogP contribution in [-0.4, -0.2) is 5.48 Å². The summed E-state index contributed by atoms with van der Waals surface area (Å²) in [5.41, 5.74) is 3.59. The summed E-state index contributed by atoms with van der Waals surface area (Å²) in [6.45, 7) is 6.49. The lowest BCUT2D eigenvalue weighted by Crippen LogP contribution is -2.25. The fourth-order valence-electron chi connectivity index (χ4n) is 2.58. The first-order valence-electron chi connectivity index (χ1n) is 5.10. The Labute approximate surface area is 82.3 Å². The lowest BCUT2D eigenvalue weighted by Gasteiger charge is -2.39. The van der Waals surface area contributed by atoms with Crippen LogP contribution in [0.5, 0.6) is 0 Å². The van der Waals surface area contributed by atoms with Crippen LogP contribution in [0.3, 0.4) is 0 Å². The molecule has 0 aliphatic heterocycles. The van der Waals surface area contributed by atoms with E-state index in [2.05, 4.69) is 19.6 Å². The molecule has 0 heterocycles. The maximum Gasteiger partial charge on any atom is 0 e. The molecule has 0 aromatic heterocycles. The Morgan fingerprint density at radius 3 is 2.85 bits per heavy atom. The molecule has 13 heavy (non-hydrogen) atoms. The molecule has 0 aromatic carbocycles. The van der Waals surface area contributed by atoms with Crippen molar-refractivity contribution in [1.29, 1.82) is 0 Å². The molecule has 0 spiro atoms. The molecule has 2 aliphatic carbocycles. The van der Waals surface area contributed by atoms with Crippen LogP contribution in [0.1, 0.15) is 46.9 Å². The minimum atomic E-state index is 0. The van der Waals surface area contributed by atoms with Crippen molar-refractivity contribution < 1.29 is 6.90 Å². The molecule has 0 bridgehead atoms. The van der Waals surface area contributed by atoms with E-state index in [0.717, 1.165) is 0 Å². The summed E-state index contributed by atoms with van der Waals surface area (Å²) >= 11 is 0. The lowest BCUT2D eigenvalue weighted by atomic mass is 9.65. The van der Waals surface area contributed by atoms with E-state index in [0.29, 0.717) is 5.41 Å². The third kappa shape index (κ3) is 1.86. The summed E-state index contributed by atoms with van der Waals surface area (Å²) < 4.78 is 0. The van der Waals surface area contributed by atoms with Crippen molar-refractivity contribution in [2.24, 2.45) is 5.41 Å². The Hall–Kier alpha value is -0.560. The Balaban J connectivity index is 0.000000845. The highest BCUT2D eigenvalue weighted by molar-refractivity contribution is 5.30. The van der Waals surface area contributed by atoms with Crippen LogP contribution in [0.15, 0.2) is 23.8 Å². The standard InChI is InChI=1S/C12H18.H2O.H2/c1-10-6-8-12(2)7-4-3-5-11(12)9-10;;/h9H,1,3-8H2,2H3;1H2;1H/t12-;;/m0../s1. The number of fused-ring (bicyclic) bond motifs is 1. The van der Waals surface area contributed by atoms with E-state index < -0.39 is 0 Å². The predicted molar refractivity (Wildman–Crippen MR) is 58.8 cm³/mol. The van der Waals surface area contributed by atoms with Gasteiger partial charge in [-0.25, -0.2) is 0 Å². The Kier molecular flexibility index (Phi) is 2.97. The molecule has 0 aromatic rings. The molecule has 2 rings (SSSR count). The van der Waals surface area contributed by atoms with Crippen molar-refractivity contribution >= 4 is 0 Å². The summed E-state index contributed by atoms with van der Waals surface area (Å²) in [6, 6.07) is 0. The molecule has 0 amide bonds. The van der Waals surface area contributed by atoms with Crippen LogP contribution < -0.4 is 0 Å². The highest BCUT2D eigenvalue weighted by atomic mass is 16.0. The molecule has 0 unspecified atom stereocenters. The van der Waals surface area contributed by atoms with Crippen molar-refractivity contribution in [3.8, 4) is 0 Å². The van der Waals surface area contributed by atoms with Gasteiger partial charge in [0.05, 0.1) is 0 Å². The van der Waals surface area contributed by atoms with Gasteiger partial charge in [-0.3, -0.25) is 0 Å². The van der Waals surface area contributed by atoms with E-state index in [9.17, 15) is 0 Å². The molecule has 1 saturated carbocycles. The minimum absolute atomic E-state index is 0. The molecular weight excluding hydrogens is 160 g/mol. The topological polar surface area (TPSA) is 31.5 Å². The molecule has 1 nitrogen and oxygen atoms in total. The number of allylic oxidation sites excluding steroid dienone is 3. The second-order valence-electron chi connectivity index (χ2n) is 4.60. The van der Waals surface area contributed by atoms with Gasteiger partial charge >= 0.3 is 0 Å². The minimum Gasteiger partial charge on any atom is -0.412 e. The van der Waals surface area contributed by atoms with Crippen LogP contribution in [0.2, 0.25) is 0 Å². The summed E-state index contributed by atoms with van der Waals surface area (Å²) in [6.07, 6.45) is 10.5. The first kappa shape index (κ1) is 10.5. The zero-order chi connectivity index (χ0) is 8.60. The summed E-state index contributed by atoms with van der Waals surface area (Å²) in [4.78, 5) is 0. The van der Waals surface area contributed by atoms with Gasteiger partial charge in [0.2, 0.25) is 0 Å². The van der Waals surface area contributed by atoms with Crippen molar-refractivity contribution in [1.82, 2.24) is 0 Å². The van der Waals surface area contributed by atoms with E-state index >= 15 is 0 Å². The second-order valence-corrected chi connectivity index (χ2v) is 4.60. The maximum atomic E-state index is 4.06. The monoisotopic (exact) mass is 182 g/mol. The Bertz CT molecular complexity index is 245. The molecule has 2 N–H and O–H groups in total. The highest BCUT2D eigenvalue weighted by Gasteiger charge is 2.33. The van der Waals surface area contributed by atoms with Gasteiger partial charge in [0.25, 0.3) is 0 Å². The third-order valence-corrected chi connectivity index (χ3v) is 3.58. The molecule has 1 heteroatoms. The van der Waals surface area contributed by atoms with Crippen LogP contribution in [-0.2, 0) is 0 Å². The van der Waals surface area contributed by atoms with E-state index in [1.54, 1.807) is 5.57 Å². The van der Waals surface area contributed by atoms with Crippen LogP contribution >= 0.6 is 0 Å². The van der Waals surface area contributed by atoms with Gasteiger partial charge in [0.15, 0.2) is 0 Å². The average Bonchev–Trinajstić information content (AvgIpc) is 2.06. The van der Waals surface area contributed by atoms with Crippen molar-refractivity contribution in [2.45, 2.75) is 45.4 Å². The first-order valence-corrected chi connectivity index (χ1v) is 5.10. The molecule has 1 atom stereocenters. The number of rotatable bonds is 0. The van der Waals surface area contributed by atoms with Crippen LogP contribution in [0, 0.1) is 5.41 Å². The van der Waals surface area contributed by atoms with Gasteiger partial charge in [-0.2, -0.15) is 0 Å². The Morgan fingerprint density at radius 2 is 2.08 bits per heavy atom. The van der Waals surface area contributed by atoms with Gasteiger partial charge < -0.3 is 5.48 Å². The van der Waals surface area contributed by atoms with Crippen molar-refractivity contribution in [2.75, 3.05) is 0 Å².